The Morgan fingerprint density at radius 1 is 1.05 bits per heavy atom. The fraction of sp³-hybridized carbons (Fsp3) is 1.00. The van der Waals surface area contributed by atoms with Crippen LogP contribution in [-0.4, -0.2) is 60.7 Å². The van der Waals surface area contributed by atoms with Crippen LogP contribution in [0.1, 0.15) is 39.5 Å². The number of nitrogens with two attached hydrogens (primary N) is 1. The summed E-state index contributed by atoms with van der Waals surface area (Å²) in [5, 5.41) is 19.2. The van der Waals surface area contributed by atoms with Crippen molar-refractivity contribution in [2.45, 2.75) is 70.2 Å². The zero-order chi connectivity index (χ0) is 15.0. The zero-order valence-corrected chi connectivity index (χ0v) is 12.5. The number of aliphatic hydroxyl groups excluding tert-OH is 2. The molecule has 0 saturated carbocycles. The van der Waals surface area contributed by atoms with Crippen LogP contribution < -0.4 is 5.73 Å². The van der Waals surface area contributed by atoms with Gasteiger partial charge >= 0.3 is 0 Å². The van der Waals surface area contributed by atoms with Gasteiger partial charge in [0.15, 0.2) is 6.29 Å². The number of hydrogen-bond acceptors (Lipinski definition) is 6. The van der Waals surface area contributed by atoms with Crippen molar-refractivity contribution >= 4 is 0 Å². The summed E-state index contributed by atoms with van der Waals surface area (Å²) in [5.74, 6) is 0. The third kappa shape index (κ3) is 4.95. The maximum Gasteiger partial charge on any atom is 0.173 e. The highest BCUT2D eigenvalue weighted by atomic mass is 16.6. The fourth-order valence-corrected chi connectivity index (χ4v) is 2.22. The summed E-state index contributed by atoms with van der Waals surface area (Å²) in [5.41, 5.74) is 5.95. The van der Waals surface area contributed by atoms with Gasteiger partial charge in [-0.05, 0) is 12.8 Å². The van der Waals surface area contributed by atoms with E-state index in [9.17, 15) is 10.2 Å². The summed E-state index contributed by atoms with van der Waals surface area (Å²) in [6.07, 6.45) is 1.25. The molecule has 0 bridgehead atoms. The predicted molar refractivity (Wildman–Crippen MR) is 75.2 cm³/mol. The molecule has 6 heteroatoms. The van der Waals surface area contributed by atoms with Crippen molar-refractivity contribution in [2.75, 3.05) is 19.8 Å². The van der Waals surface area contributed by atoms with Crippen molar-refractivity contribution in [3.63, 3.8) is 0 Å². The lowest BCUT2D eigenvalue weighted by Crippen LogP contribution is -2.63. The lowest BCUT2D eigenvalue weighted by molar-refractivity contribution is -0.266. The first-order valence-corrected chi connectivity index (χ1v) is 7.58. The molecule has 0 amide bonds. The van der Waals surface area contributed by atoms with E-state index in [1.165, 1.54) is 0 Å². The molecule has 120 valence electrons. The van der Waals surface area contributed by atoms with Crippen molar-refractivity contribution in [1.82, 2.24) is 0 Å². The van der Waals surface area contributed by atoms with Crippen molar-refractivity contribution in [3.05, 3.63) is 0 Å². The van der Waals surface area contributed by atoms with Gasteiger partial charge in [0, 0.05) is 13.2 Å². The molecular formula is C14H29NO5. The van der Waals surface area contributed by atoms with Crippen LogP contribution in [0.25, 0.3) is 0 Å². The number of rotatable bonds is 9. The molecule has 0 aromatic rings. The van der Waals surface area contributed by atoms with Crippen molar-refractivity contribution < 1.29 is 24.4 Å². The second kappa shape index (κ2) is 9.65. The molecule has 4 N–H and O–H groups in total. The molecule has 0 aromatic carbocycles. The average Bonchev–Trinajstić information content (AvgIpc) is 2.45. The lowest BCUT2D eigenvalue weighted by atomic mass is 9.97. The summed E-state index contributed by atoms with van der Waals surface area (Å²) in [4.78, 5) is 0. The standard InChI is InChI=1S/C14H29NO5/c1-3-5-7-18-12-10(9-16)20-14(17)11(15)13(12)19-8-6-4-2/h10-14,16-17H,3-9,15H2,1-2H3/t10?,11?,12-,13?,14-/m0/s1. The molecule has 1 aliphatic rings. The molecular weight excluding hydrogens is 262 g/mol. The van der Waals surface area contributed by atoms with E-state index in [0.717, 1.165) is 25.7 Å². The predicted octanol–water partition coefficient (Wildman–Crippen LogP) is 0.394. The van der Waals surface area contributed by atoms with Gasteiger partial charge in [-0.2, -0.15) is 0 Å². The Labute approximate surface area is 121 Å². The summed E-state index contributed by atoms with van der Waals surface area (Å²) in [7, 11) is 0. The molecule has 0 radical (unpaired) electrons. The maximum atomic E-state index is 9.80. The maximum absolute atomic E-state index is 9.80. The minimum absolute atomic E-state index is 0.228. The molecule has 1 heterocycles. The Morgan fingerprint density at radius 2 is 1.60 bits per heavy atom. The van der Waals surface area contributed by atoms with E-state index in [1.807, 2.05) is 0 Å². The van der Waals surface area contributed by atoms with Gasteiger partial charge < -0.3 is 30.2 Å². The Morgan fingerprint density at radius 3 is 2.10 bits per heavy atom. The minimum Gasteiger partial charge on any atom is -0.394 e. The summed E-state index contributed by atoms with van der Waals surface area (Å²) < 4.78 is 16.9. The highest BCUT2D eigenvalue weighted by Gasteiger charge is 2.44. The molecule has 1 aliphatic heterocycles. The monoisotopic (exact) mass is 291 g/mol. The van der Waals surface area contributed by atoms with Crippen molar-refractivity contribution in [3.8, 4) is 0 Å². The quantitative estimate of drug-likeness (QED) is 0.532. The van der Waals surface area contributed by atoms with Crippen LogP contribution in [0.3, 0.4) is 0 Å². The largest absolute Gasteiger partial charge is 0.394 e. The van der Waals surface area contributed by atoms with Crippen LogP contribution in [0.4, 0.5) is 0 Å². The van der Waals surface area contributed by atoms with Gasteiger partial charge in [0.05, 0.1) is 12.6 Å². The lowest BCUT2D eigenvalue weighted by Gasteiger charge is -2.42. The fourth-order valence-electron chi connectivity index (χ4n) is 2.22. The number of unbranched alkanes of at least 4 members (excludes halogenated alkanes) is 2. The van der Waals surface area contributed by atoms with Crippen LogP contribution in [0.15, 0.2) is 0 Å². The zero-order valence-electron chi connectivity index (χ0n) is 12.5. The van der Waals surface area contributed by atoms with Crippen LogP contribution >= 0.6 is 0 Å². The van der Waals surface area contributed by atoms with E-state index in [4.69, 9.17) is 19.9 Å². The van der Waals surface area contributed by atoms with Gasteiger partial charge in [-0.3, -0.25) is 0 Å². The second-order valence-corrected chi connectivity index (χ2v) is 5.20. The first-order valence-electron chi connectivity index (χ1n) is 7.58. The third-order valence-electron chi connectivity index (χ3n) is 3.51. The van der Waals surface area contributed by atoms with Gasteiger partial charge in [-0.15, -0.1) is 0 Å². The van der Waals surface area contributed by atoms with Gasteiger partial charge in [0.1, 0.15) is 18.3 Å². The Kier molecular flexibility index (Phi) is 8.60. The summed E-state index contributed by atoms with van der Waals surface area (Å²) in [6.45, 7) is 5.06. The highest BCUT2D eigenvalue weighted by Crippen LogP contribution is 2.24. The Bertz CT molecular complexity index is 244. The molecule has 6 nitrogen and oxygen atoms in total. The number of aliphatic hydroxyl groups is 2. The molecule has 20 heavy (non-hydrogen) atoms. The molecule has 3 unspecified atom stereocenters. The Balaban J connectivity index is 2.66. The molecule has 0 aliphatic carbocycles. The molecule has 0 spiro atoms. The Hall–Kier alpha value is -0.240. The van der Waals surface area contributed by atoms with Crippen LogP contribution in [-0.2, 0) is 14.2 Å². The van der Waals surface area contributed by atoms with E-state index in [1.54, 1.807) is 0 Å². The van der Waals surface area contributed by atoms with Crippen molar-refractivity contribution in [1.29, 1.82) is 0 Å². The molecule has 1 fully saturated rings. The van der Waals surface area contributed by atoms with Crippen LogP contribution in [0, 0.1) is 0 Å². The highest BCUT2D eigenvalue weighted by molar-refractivity contribution is 4.93. The van der Waals surface area contributed by atoms with Gasteiger partial charge in [0.2, 0.25) is 0 Å². The van der Waals surface area contributed by atoms with Gasteiger partial charge in [-0.1, -0.05) is 26.7 Å². The van der Waals surface area contributed by atoms with Gasteiger partial charge in [-0.25, -0.2) is 0 Å². The van der Waals surface area contributed by atoms with Crippen molar-refractivity contribution in [2.24, 2.45) is 5.73 Å². The normalized spacial score (nSPS) is 34.4. The van der Waals surface area contributed by atoms with E-state index < -0.39 is 30.6 Å². The van der Waals surface area contributed by atoms with Crippen LogP contribution in [0.5, 0.6) is 0 Å². The summed E-state index contributed by atoms with van der Waals surface area (Å²) >= 11 is 0. The number of ether oxygens (including phenoxy) is 3. The van der Waals surface area contributed by atoms with Crippen LogP contribution in [0.2, 0.25) is 0 Å². The van der Waals surface area contributed by atoms with E-state index in [-0.39, 0.29) is 6.61 Å². The second-order valence-electron chi connectivity index (χ2n) is 5.20. The third-order valence-corrected chi connectivity index (χ3v) is 3.51. The van der Waals surface area contributed by atoms with E-state index in [2.05, 4.69) is 13.8 Å². The SMILES string of the molecule is CCCCOC1C(N)[C@@H](O)OC(CO)[C@@H]1OCCCC. The molecule has 0 aromatic heterocycles. The molecule has 1 rings (SSSR count). The average molecular weight is 291 g/mol. The van der Waals surface area contributed by atoms with Gasteiger partial charge in [0.25, 0.3) is 0 Å². The van der Waals surface area contributed by atoms with E-state index >= 15 is 0 Å². The first kappa shape index (κ1) is 17.8. The smallest absolute Gasteiger partial charge is 0.173 e. The molecule has 5 atom stereocenters. The summed E-state index contributed by atoms with van der Waals surface area (Å²) in [6, 6.07) is -0.665. The first-order chi connectivity index (χ1) is 9.65. The topological polar surface area (TPSA) is 94.2 Å². The number of hydrogen-bond donors (Lipinski definition) is 3. The van der Waals surface area contributed by atoms with E-state index in [0.29, 0.717) is 13.2 Å². The molecule has 1 saturated heterocycles. The minimum atomic E-state index is -1.13.